The van der Waals surface area contributed by atoms with Gasteiger partial charge in [-0.05, 0) is 36.8 Å². The van der Waals surface area contributed by atoms with Crippen molar-refractivity contribution in [2.24, 2.45) is 0 Å². The van der Waals surface area contributed by atoms with Gasteiger partial charge in [0.05, 0.1) is 5.38 Å². The standard InChI is InChI=1S/C15H13ClN2O/c1-10(16)11-6-8-12(9-7-11)17-15-18-13-4-2-3-5-14(13)19-15/h2-10H,1H3,(H,17,18). The second kappa shape index (κ2) is 4.94. The highest BCUT2D eigenvalue weighted by atomic mass is 35.5. The van der Waals surface area contributed by atoms with Gasteiger partial charge in [-0.3, -0.25) is 0 Å². The molecule has 0 bridgehead atoms. The van der Waals surface area contributed by atoms with Crippen molar-refractivity contribution in [3.8, 4) is 0 Å². The molecular formula is C15H13ClN2O. The summed E-state index contributed by atoms with van der Waals surface area (Å²) in [6, 6.07) is 16.1. The third-order valence-electron chi connectivity index (χ3n) is 2.92. The Hall–Kier alpha value is -2.00. The lowest BCUT2D eigenvalue weighted by Gasteiger charge is -2.05. The molecular weight excluding hydrogens is 260 g/mol. The zero-order chi connectivity index (χ0) is 13.2. The number of hydrogen-bond donors (Lipinski definition) is 1. The maximum atomic E-state index is 6.02. The lowest BCUT2D eigenvalue weighted by Crippen LogP contribution is -1.91. The number of oxazole rings is 1. The molecule has 0 fully saturated rings. The summed E-state index contributed by atoms with van der Waals surface area (Å²) in [6.45, 7) is 1.95. The fraction of sp³-hybridized carbons (Fsp3) is 0.133. The molecule has 0 aliphatic rings. The molecule has 4 heteroatoms. The van der Waals surface area contributed by atoms with Crippen LogP contribution in [-0.4, -0.2) is 4.98 Å². The molecule has 0 saturated carbocycles. The van der Waals surface area contributed by atoms with E-state index >= 15 is 0 Å². The van der Waals surface area contributed by atoms with Gasteiger partial charge in [-0.15, -0.1) is 11.6 Å². The van der Waals surface area contributed by atoms with E-state index in [0.717, 1.165) is 22.4 Å². The van der Waals surface area contributed by atoms with E-state index in [-0.39, 0.29) is 5.38 Å². The molecule has 19 heavy (non-hydrogen) atoms. The zero-order valence-electron chi connectivity index (χ0n) is 10.4. The van der Waals surface area contributed by atoms with Crippen LogP contribution in [0.25, 0.3) is 11.1 Å². The van der Waals surface area contributed by atoms with Gasteiger partial charge < -0.3 is 9.73 Å². The van der Waals surface area contributed by atoms with Gasteiger partial charge in [0.15, 0.2) is 5.58 Å². The smallest absolute Gasteiger partial charge is 0.300 e. The summed E-state index contributed by atoms with van der Waals surface area (Å²) in [4.78, 5) is 4.36. The SMILES string of the molecule is CC(Cl)c1ccc(Nc2nc3ccccc3o2)cc1. The molecule has 1 N–H and O–H groups in total. The third-order valence-corrected chi connectivity index (χ3v) is 3.17. The van der Waals surface area contributed by atoms with Crippen molar-refractivity contribution in [2.45, 2.75) is 12.3 Å². The Morgan fingerprint density at radius 3 is 2.53 bits per heavy atom. The van der Waals surface area contributed by atoms with Crippen molar-refractivity contribution >= 4 is 34.4 Å². The number of halogens is 1. The molecule has 96 valence electrons. The molecule has 1 heterocycles. The largest absolute Gasteiger partial charge is 0.423 e. The van der Waals surface area contributed by atoms with Gasteiger partial charge in [0.2, 0.25) is 0 Å². The van der Waals surface area contributed by atoms with E-state index in [1.54, 1.807) is 0 Å². The number of anilines is 2. The minimum Gasteiger partial charge on any atom is -0.423 e. The van der Waals surface area contributed by atoms with Crippen molar-refractivity contribution in [1.29, 1.82) is 0 Å². The Morgan fingerprint density at radius 2 is 1.84 bits per heavy atom. The van der Waals surface area contributed by atoms with Crippen LogP contribution in [0.5, 0.6) is 0 Å². The molecule has 3 aromatic rings. The van der Waals surface area contributed by atoms with E-state index in [1.165, 1.54) is 0 Å². The highest BCUT2D eigenvalue weighted by molar-refractivity contribution is 6.20. The summed E-state index contributed by atoms with van der Waals surface area (Å²) in [5.41, 5.74) is 3.63. The first-order chi connectivity index (χ1) is 9.22. The topological polar surface area (TPSA) is 38.1 Å². The predicted octanol–water partition coefficient (Wildman–Crippen LogP) is 4.87. The number of alkyl halides is 1. The molecule has 3 rings (SSSR count). The van der Waals surface area contributed by atoms with E-state index < -0.39 is 0 Å². The minimum atomic E-state index is 0.0124. The average Bonchev–Trinajstić information content (AvgIpc) is 2.81. The van der Waals surface area contributed by atoms with Crippen LogP contribution in [0.15, 0.2) is 52.9 Å². The van der Waals surface area contributed by atoms with Gasteiger partial charge in [0.1, 0.15) is 5.52 Å². The monoisotopic (exact) mass is 272 g/mol. The Bertz CT molecular complexity index is 656. The molecule has 0 radical (unpaired) electrons. The number of fused-ring (bicyclic) bond motifs is 1. The third kappa shape index (κ3) is 2.56. The van der Waals surface area contributed by atoms with Crippen molar-refractivity contribution in [3.63, 3.8) is 0 Å². The van der Waals surface area contributed by atoms with Crippen LogP contribution >= 0.6 is 11.6 Å². The van der Waals surface area contributed by atoms with Crippen LogP contribution in [0.2, 0.25) is 0 Å². The summed E-state index contributed by atoms with van der Waals surface area (Å²) in [5, 5.41) is 3.15. The molecule has 0 saturated heterocycles. The molecule has 0 spiro atoms. The Morgan fingerprint density at radius 1 is 1.11 bits per heavy atom. The highest BCUT2D eigenvalue weighted by Gasteiger charge is 2.05. The summed E-state index contributed by atoms with van der Waals surface area (Å²) in [7, 11) is 0. The predicted molar refractivity (Wildman–Crippen MR) is 78.0 cm³/mol. The van der Waals surface area contributed by atoms with Crippen LogP contribution < -0.4 is 5.32 Å². The maximum absolute atomic E-state index is 6.02. The van der Waals surface area contributed by atoms with Gasteiger partial charge in [-0.2, -0.15) is 4.98 Å². The highest BCUT2D eigenvalue weighted by Crippen LogP contribution is 2.24. The van der Waals surface area contributed by atoms with Gasteiger partial charge in [0, 0.05) is 5.69 Å². The number of rotatable bonds is 3. The fourth-order valence-electron chi connectivity index (χ4n) is 1.88. The summed E-state index contributed by atoms with van der Waals surface area (Å²) < 4.78 is 5.60. The average molecular weight is 273 g/mol. The fourth-order valence-corrected chi connectivity index (χ4v) is 2.03. The first kappa shape index (κ1) is 12.1. The van der Waals surface area contributed by atoms with Crippen LogP contribution in [0.3, 0.4) is 0 Å². The first-order valence-electron chi connectivity index (χ1n) is 6.09. The van der Waals surface area contributed by atoms with Crippen molar-refractivity contribution < 1.29 is 4.42 Å². The molecule has 0 aliphatic heterocycles. The number of benzene rings is 2. The van der Waals surface area contributed by atoms with Gasteiger partial charge in [-0.25, -0.2) is 0 Å². The number of nitrogens with zero attached hydrogens (tertiary/aromatic N) is 1. The van der Waals surface area contributed by atoms with Gasteiger partial charge in [0.25, 0.3) is 6.01 Å². The summed E-state index contributed by atoms with van der Waals surface area (Å²) >= 11 is 6.02. The number of nitrogens with one attached hydrogen (secondary N) is 1. The molecule has 0 amide bonds. The first-order valence-corrected chi connectivity index (χ1v) is 6.52. The summed E-state index contributed by atoms with van der Waals surface area (Å²) in [6.07, 6.45) is 0. The van der Waals surface area contributed by atoms with Crippen LogP contribution in [0.4, 0.5) is 11.7 Å². The Labute approximate surface area is 116 Å². The molecule has 3 nitrogen and oxygen atoms in total. The lowest BCUT2D eigenvalue weighted by molar-refractivity contribution is 0.623. The van der Waals surface area contributed by atoms with E-state index in [1.807, 2.05) is 55.5 Å². The number of hydrogen-bond acceptors (Lipinski definition) is 3. The van der Waals surface area contributed by atoms with Crippen LogP contribution in [-0.2, 0) is 0 Å². The molecule has 0 aliphatic carbocycles. The Kier molecular flexibility index (Phi) is 3.13. The van der Waals surface area contributed by atoms with Crippen molar-refractivity contribution in [2.75, 3.05) is 5.32 Å². The Balaban J connectivity index is 1.84. The second-order valence-corrected chi connectivity index (χ2v) is 5.00. The van der Waals surface area contributed by atoms with E-state index in [4.69, 9.17) is 16.0 Å². The van der Waals surface area contributed by atoms with E-state index in [2.05, 4.69) is 10.3 Å². The van der Waals surface area contributed by atoms with E-state index in [0.29, 0.717) is 6.01 Å². The molecule has 1 aromatic heterocycles. The zero-order valence-corrected chi connectivity index (χ0v) is 11.2. The van der Waals surface area contributed by atoms with Gasteiger partial charge >= 0.3 is 0 Å². The molecule has 1 unspecified atom stereocenters. The quantitative estimate of drug-likeness (QED) is 0.691. The normalized spacial score (nSPS) is 12.5. The number of para-hydroxylation sites is 2. The number of aromatic nitrogens is 1. The maximum Gasteiger partial charge on any atom is 0.300 e. The van der Waals surface area contributed by atoms with Crippen molar-refractivity contribution in [3.05, 3.63) is 54.1 Å². The summed E-state index contributed by atoms with van der Waals surface area (Å²) in [5.74, 6) is 0. The van der Waals surface area contributed by atoms with E-state index in [9.17, 15) is 0 Å². The lowest BCUT2D eigenvalue weighted by atomic mass is 10.1. The van der Waals surface area contributed by atoms with Crippen molar-refractivity contribution in [1.82, 2.24) is 4.98 Å². The molecule has 2 aromatic carbocycles. The van der Waals surface area contributed by atoms with Crippen LogP contribution in [0, 0.1) is 0 Å². The second-order valence-electron chi connectivity index (χ2n) is 4.35. The minimum absolute atomic E-state index is 0.0124. The molecule has 1 atom stereocenters. The van der Waals surface area contributed by atoms with Crippen LogP contribution in [0.1, 0.15) is 17.9 Å². The van der Waals surface area contributed by atoms with Gasteiger partial charge in [-0.1, -0.05) is 24.3 Å².